The molecule has 0 bridgehead atoms. The molecule has 5 rings (SSSR count). The standard InChI is InChI=1S/C29H22N6O4S.O3S/c1-19-17-22(9-14-27(19)33-30-20-5-3-2-4-6-20)32-35-29-16-15-28(34-31-21-7-10-23(36)11-8-21)25-13-12-24(18-26(25)29)40(37,38)39;1-4(2)3/h2-18,36H,1H3,(H,37,38,39);. The van der Waals surface area contributed by atoms with Gasteiger partial charge in [0.15, 0.2) is 0 Å². The van der Waals surface area contributed by atoms with Crippen molar-refractivity contribution >= 4 is 65.6 Å². The molecule has 0 spiro atoms. The van der Waals surface area contributed by atoms with Crippen molar-refractivity contribution in [3.63, 3.8) is 0 Å². The van der Waals surface area contributed by atoms with Gasteiger partial charge in [0, 0.05) is 10.8 Å². The summed E-state index contributed by atoms with van der Waals surface area (Å²) in [5, 5.41) is 36.1. The van der Waals surface area contributed by atoms with Gasteiger partial charge in [-0.2, -0.15) is 28.9 Å². The Kier molecular flexibility index (Phi) is 10.1. The first-order valence-corrected chi connectivity index (χ1v) is 14.9. The van der Waals surface area contributed by atoms with Gasteiger partial charge in [-0.25, -0.2) is 0 Å². The van der Waals surface area contributed by atoms with E-state index in [1.165, 1.54) is 30.3 Å². The summed E-state index contributed by atoms with van der Waals surface area (Å²) in [6, 6.07) is 28.4. The van der Waals surface area contributed by atoms with Crippen molar-refractivity contribution in [2.45, 2.75) is 11.8 Å². The Morgan fingerprint density at radius 3 is 1.66 bits per heavy atom. The fraction of sp³-hybridized carbons (Fsp3) is 0.0345. The van der Waals surface area contributed by atoms with Crippen LogP contribution in [0.5, 0.6) is 5.75 Å². The zero-order valence-electron chi connectivity index (χ0n) is 22.8. The van der Waals surface area contributed by atoms with Crippen molar-refractivity contribution in [1.82, 2.24) is 0 Å². The highest BCUT2D eigenvalue weighted by atomic mass is 32.2. The second kappa shape index (κ2) is 14.1. The van der Waals surface area contributed by atoms with Crippen LogP contribution in [-0.4, -0.2) is 30.7 Å². The molecule has 0 amide bonds. The lowest BCUT2D eigenvalue weighted by molar-refractivity contribution is 0.475. The molecule has 15 heteroatoms. The zero-order chi connectivity index (χ0) is 31.7. The second-order valence-electron chi connectivity index (χ2n) is 8.91. The zero-order valence-corrected chi connectivity index (χ0v) is 24.4. The smallest absolute Gasteiger partial charge is 0.425 e. The van der Waals surface area contributed by atoms with Crippen LogP contribution in [0.3, 0.4) is 0 Å². The molecule has 13 nitrogen and oxygen atoms in total. The topological polar surface area (TPSA) is 200 Å². The van der Waals surface area contributed by atoms with E-state index >= 15 is 0 Å². The van der Waals surface area contributed by atoms with Crippen LogP contribution in [0.4, 0.5) is 34.1 Å². The van der Waals surface area contributed by atoms with E-state index in [0.717, 1.165) is 11.3 Å². The highest BCUT2D eigenvalue weighted by molar-refractivity contribution is 7.85. The third-order valence-corrected chi connectivity index (χ3v) is 6.70. The molecule has 2 N–H and O–H groups in total. The lowest BCUT2D eigenvalue weighted by Gasteiger charge is -2.07. The van der Waals surface area contributed by atoms with E-state index in [0.29, 0.717) is 39.2 Å². The van der Waals surface area contributed by atoms with E-state index < -0.39 is 20.7 Å². The summed E-state index contributed by atoms with van der Waals surface area (Å²) in [5.74, 6) is 0.110. The number of hydrogen-bond donors (Lipinski definition) is 2. The molecule has 0 saturated heterocycles. The molecule has 0 aliphatic rings. The highest BCUT2D eigenvalue weighted by Crippen LogP contribution is 2.37. The van der Waals surface area contributed by atoms with E-state index in [1.54, 1.807) is 36.4 Å². The normalized spacial score (nSPS) is 11.7. The van der Waals surface area contributed by atoms with Gasteiger partial charge in [0.2, 0.25) is 0 Å². The molecule has 0 unspecified atom stereocenters. The number of hydrogen-bond acceptors (Lipinski definition) is 12. The predicted molar refractivity (Wildman–Crippen MR) is 162 cm³/mol. The van der Waals surface area contributed by atoms with Crippen molar-refractivity contribution in [2.24, 2.45) is 30.7 Å². The minimum absolute atomic E-state index is 0.110. The first-order valence-electron chi connectivity index (χ1n) is 12.5. The molecule has 5 aromatic rings. The summed E-state index contributed by atoms with van der Waals surface area (Å²) in [5.41, 5.74) is 4.18. The maximum atomic E-state index is 11.8. The van der Waals surface area contributed by atoms with Gasteiger partial charge in [-0.1, -0.05) is 24.3 Å². The van der Waals surface area contributed by atoms with Gasteiger partial charge < -0.3 is 5.11 Å². The summed E-state index contributed by atoms with van der Waals surface area (Å²) in [7, 11) is -7.57. The quantitative estimate of drug-likeness (QED) is 0.133. The molecule has 5 aromatic carbocycles. The van der Waals surface area contributed by atoms with Crippen LogP contribution in [0.25, 0.3) is 10.8 Å². The Bertz CT molecular complexity index is 2110. The Labute approximate surface area is 252 Å². The second-order valence-corrected chi connectivity index (χ2v) is 10.7. The summed E-state index contributed by atoms with van der Waals surface area (Å²) in [4.78, 5) is -0.284. The molecule has 0 saturated carbocycles. The minimum Gasteiger partial charge on any atom is -0.508 e. The molecule has 0 aromatic heterocycles. The lowest BCUT2D eigenvalue weighted by Crippen LogP contribution is -1.97. The van der Waals surface area contributed by atoms with Crippen LogP contribution in [-0.2, 0) is 20.7 Å². The van der Waals surface area contributed by atoms with Gasteiger partial charge in [-0.3, -0.25) is 4.55 Å². The van der Waals surface area contributed by atoms with E-state index in [2.05, 4.69) is 30.7 Å². The number of phenols is 1. The van der Waals surface area contributed by atoms with E-state index in [9.17, 15) is 18.1 Å². The van der Waals surface area contributed by atoms with E-state index in [-0.39, 0.29) is 10.6 Å². The van der Waals surface area contributed by atoms with Gasteiger partial charge in [-0.15, -0.1) is 22.9 Å². The maximum Gasteiger partial charge on any atom is 0.425 e. The van der Waals surface area contributed by atoms with Crippen molar-refractivity contribution in [2.75, 3.05) is 0 Å². The van der Waals surface area contributed by atoms with Crippen molar-refractivity contribution < 1.29 is 30.7 Å². The van der Waals surface area contributed by atoms with Gasteiger partial charge in [-0.05, 0) is 91.3 Å². The van der Waals surface area contributed by atoms with Crippen molar-refractivity contribution in [1.29, 1.82) is 0 Å². The van der Waals surface area contributed by atoms with Crippen LogP contribution >= 0.6 is 0 Å². The van der Waals surface area contributed by atoms with Crippen LogP contribution < -0.4 is 0 Å². The Morgan fingerprint density at radius 1 is 0.568 bits per heavy atom. The Hall–Kier alpha value is -5.51. The third-order valence-electron chi connectivity index (χ3n) is 5.85. The molecule has 0 atom stereocenters. The summed E-state index contributed by atoms with van der Waals surface area (Å²) in [6.45, 7) is 1.89. The van der Waals surface area contributed by atoms with Crippen LogP contribution in [0.2, 0.25) is 0 Å². The molecule has 222 valence electrons. The van der Waals surface area contributed by atoms with Crippen LogP contribution in [0.15, 0.2) is 139 Å². The average molecular weight is 631 g/mol. The highest BCUT2D eigenvalue weighted by Gasteiger charge is 2.14. The molecule has 0 aliphatic heterocycles. The van der Waals surface area contributed by atoms with Crippen molar-refractivity contribution in [3.05, 3.63) is 109 Å². The largest absolute Gasteiger partial charge is 0.508 e. The third kappa shape index (κ3) is 8.75. The molecule has 0 aliphatic carbocycles. The lowest BCUT2D eigenvalue weighted by atomic mass is 10.1. The Morgan fingerprint density at radius 2 is 1.07 bits per heavy atom. The van der Waals surface area contributed by atoms with Crippen molar-refractivity contribution in [3.8, 4) is 5.75 Å². The fourth-order valence-electron chi connectivity index (χ4n) is 3.79. The molecule has 0 radical (unpaired) electrons. The number of aromatic hydroxyl groups is 1. The first-order chi connectivity index (χ1) is 21.0. The summed E-state index contributed by atoms with van der Waals surface area (Å²) >= 11 is 0. The summed E-state index contributed by atoms with van der Waals surface area (Å²) in [6.07, 6.45) is 0. The van der Waals surface area contributed by atoms with Gasteiger partial charge in [0.1, 0.15) is 5.75 Å². The predicted octanol–water partition coefficient (Wildman–Crippen LogP) is 8.34. The number of fused-ring (bicyclic) bond motifs is 1. The van der Waals surface area contributed by atoms with Gasteiger partial charge >= 0.3 is 10.6 Å². The molecule has 44 heavy (non-hydrogen) atoms. The van der Waals surface area contributed by atoms with Gasteiger partial charge in [0.25, 0.3) is 10.1 Å². The number of benzene rings is 5. The molecule has 0 fully saturated rings. The SMILES string of the molecule is Cc1cc(N=Nc2ccc(N=Nc3ccc(O)cc3)c3ccc(S(=O)(=O)O)cc23)ccc1N=Nc1ccccc1.O=S(=O)=O. The number of nitrogens with zero attached hydrogens (tertiary/aromatic N) is 6. The van der Waals surface area contributed by atoms with E-state index in [1.807, 2.05) is 43.3 Å². The molecular formula is C29H22N6O7S2. The monoisotopic (exact) mass is 630 g/mol. The fourth-order valence-corrected chi connectivity index (χ4v) is 4.30. The van der Waals surface area contributed by atoms with Gasteiger partial charge in [0.05, 0.1) is 39.0 Å². The Balaban J connectivity index is 0.00000104. The molecule has 0 heterocycles. The van der Waals surface area contributed by atoms with Crippen LogP contribution in [0, 0.1) is 6.92 Å². The summed E-state index contributed by atoms with van der Waals surface area (Å²) < 4.78 is 58.6. The number of azo groups is 3. The number of aryl methyl sites for hydroxylation is 1. The molecular weight excluding hydrogens is 608 g/mol. The minimum atomic E-state index is -4.46. The maximum absolute atomic E-state index is 11.8. The van der Waals surface area contributed by atoms with Crippen LogP contribution in [0.1, 0.15) is 5.56 Å². The first kappa shape index (κ1) is 31.4. The number of rotatable bonds is 7. The number of phenolic OH excluding ortho intramolecular Hbond substituents is 1. The average Bonchev–Trinajstić information content (AvgIpc) is 2.99. The van der Waals surface area contributed by atoms with E-state index in [4.69, 9.17) is 12.6 Å².